The molecular weight excluding hydrogens is 378 g/mol. The van der Waals surface area contributed by atoms with Crippen molar-refractivity contribution < 1.29 is 4.92 Å². The molecule has 0 atom stereocenters. The van der Waals surface area contributed by atoms with Crippen LogP contribution in [0, 0.1) is 10.1 Å². The molecule has 0 aliphatic heterocycles. The Labute approximate surface area is 172 Å². The van der Waals surface area contributed by atoms with Gasteiger partial charge in [0.2, 0.25) is 5.95 Å². The van der Waals surface area contributed by atoms with E-state index in [2.05, 4.69) is 20.5 Å². The largest absolute Gasteiger partial charge is 0.278 e. The fourth-order valence-electron chi connectivity index (χ4n) is 2.93. The van der Waals surface area contributed by atoms with Crippen molar-refractivity contribution in [2.24, 2.45) is 5.10 Å². The van der Waals surface area contributed by atoms with Gasteiger partial charge in [-0.15, -0.1) is 0 Å². The molecule has 30 heavy (non-hydrogen) atoms. The van der Waals surface area contributed by atoms with Crippen LogP contribution in [0.15, 0.2) is 96.1 Å². The van der Waals surface area contributed by atoms with Gasteiger partial charge in [-0.2, -0.15) is 5.10 Å². The molecule has 7 nitrogen and oxygen atoms in total. The minimum atomic E-state index is -0.443. The molecule has 3 aromatic carbocycles. The highest BCUT2D eigenvalue weighted by atomic mass is 16.6. The van der Waals surface area contributed by atoms with Crippen LogP contribution in [-0.2, 0) is 0 Å². The van der Waals surface area contributed by atoms with Crippen LogP contribution >= 0.6 is 0 Å². The highest BCUT2D eigenvalue weighted by Crippen LogP contribution is 2.25. The third-order valence-electron chi connectivity index (χ3n) is 4.37. The van der Waals surface area contributed by atoms with Crippen molar-refractivity contribution in [1.29, 1.82) is 0 Å². The number of nitrogens with one attached hydrogen (secondary N) is 1. The predicted octanol–water partition coefficient (Wildman–Crippen LogP) is 5.16. The average molecular weight is 395 g/mol. The first-order valence-corrected chi connectivity index (χ1v) is 9.23. The molecule has 0 aliphatic rings. The topological polar surface area (TPSA) is 93.3 Å². The molecule has 146 valence electrons. The predicted molar refractivity (Wildman–Crippen MR) is 117 cm³/mol. The molecule has 1 heterocycles. The first-order valence-electron chi connectivity index (χ1n) is 9.23. The lowest BCUT2D eigenvalue weighted by Crippen LogP contribution is -2.01. The van der Waals surface area contributed by atoms with E-state index in [1.165, 1.54) is 12.3 Å². The van der Waals surface area contributed by atoms with Gasteiger partial charge in [0.05, 0.1) is 28.1 Å². The second-order valence-corrected chi connectivity index (χ2v) is 6.38. The Bertz CT molecular complexity index is 1140. The first-order chi connectivity index (χ1) is 14.7. The second kappa shape index (κ2) is 8.74. The summed E-state index contributed by atoms with van der Waals surface area (Å²) >= 11 is 0. The van der Waals surface area contributed by atoms with Gasteiger partial charge < -0.3 is 0 Å². The highest BCUT2D eigenvalue weighted by Gasteiger charge is 2.11. The molecule has 4 rings (SSSR count). The molecule has 4 aromatic rings. The Kier molecular flexibility index (Phi) is 5.52. The molecule has 1 aromatic heterocycles. The molecule has 0 saturated heterocycles. The highest BCUT2D eigenvalue weighted by molar-refractivity contribution is 5.85. The Hall–Kier alpha value is -4.39. The molecule has 0 bridgehead atoms. The van der Waals surface area contributed by atoms with Crippen molar-refractivity contribution in [2.45, 2.75) is 0 Å². The van der Waals surface area contributed by atoms with Crippen LogP contribution in [0.4, 0.5) is 11.6 Å². The number of anilines is 1. The number of nitro groups is 1. The fourth-order valence-corrected chi connectivity index (χ4v) is 2.93. The van der Waals surface area contributed by atoms with Crippen LogP contribution in [0.5, 0.6) is 0 Å². The van der Waals surface area contributed by atoms with E-state index in [-0.39, 0.29) is 5.69 Å². The number of benzene rings is 3. The fraction of sp³-hybridized carbons (Fsp3) is 0. The van der Waals surface area contributed by atoms with E-state index >= 15 is 0 Å². The van der Waals surface area contributed by atoms with Gasteiger partial charge in [0.1, 0.15) is 0 Å². The molecule has 7 heteroatoms. The minimum absolute atomic E-state index is 0.0213. The van der Waals surface area contributed by atoms with Crippen molar-refractivity contribution in [3.63, 3.8) is 0 Å². The van der Waals surface area contributed by atoms with Gasteiger partial charge in [0, 0.05) is 17.2 Å². The third-order valence-corrected chi connectivity index (χ3v) is 4.37. The maximum Gasteiger partial charge on any atom is 0.278 e. The van der Waals surface area contributed by atoms with Crippen LogP contribution in [-0.4, -0.2) is 21.1 Å². The van der Waals surface area contributed by atoms with Crippen LogP contribution in [0.3, 0.4) is 0 Å². The van der Waals surface area contributed by atoms with Gasteiger partial charge in [-0.1, -0.05) is 72.8 Å². The zero-order valence-corrected chi connectivity index (χ0v) is 15.8. The van der Waals surface area contributed by atoms with Crippen molar-refractivity contribution in [3.8, 4) is 22.5 Å². The Morgan fingerprint density at radius 2 is 1.33 bits per heavy atom. The van der Waals surface area contributed by atoms with Gasteiger partial charge in [-0.3, -0.25) is 10.1 Å². The molecule has 0 unspecified atom stereocenters. The van der Waals surface area contributed by atoms with Crippen LogP contribution in [0.2, 0.25) is 0 Å². The number of hydrogen-bond acceptors (Lipinski definition) is 6. The van der Waals surface area contributed by atoms with E-state index < -0.39 is 4.92 Å². The second-order valence-electron chi connectivity index (χ2n) is 6.38. The van der Waals surface area contributed by atoms with E-state index in [1.54, 1.807) is 18.2 Å². The van der Waals surface area contributed by atoms with Crippen molar-refractivity contribution in [2.75, 3.05) is 5.43 Å². The molecule has 0 amide bonds. The number of aromatic nitrogens is 2. The van der Waals surface area contributed by atoms with Crippen LogP contribution in [0.1, 0.15) is 5.56 Å². The number of para-hydroxylation sites is 1. The molecule has 0 spiro atoms. The third kappa shape index (κ3) is 4.36. The van der Waals surface area contributed by atoms with Crippen molar-refractivity contribution in [1.82, 2.24) is 9.97 Å². The zero-order chi connectivity index (χ0) is 20.8. The summed E-state index contributed by atoms with van der Waals surface area (Å²) in [6.45, 7) is 0. The van der Waals surface area contributed by atoms with E-state index in [1.807, 2.05) is 66.7 Å². The summed E-state index contributed by atoms with van der Waals surface area (Å²) in [6, 6.07) is 27.8. The quantitative estimate of drug-likeness (QED) is 0.276. The monoisotopic (exact) mass is 395 g/mol. The number of hydrazone groups is 1. The molecule has 0 saturated carbocycles. The minimum Gasteiger partial charge on any atom is -0.258 e. The normalized spacial score (nSPS) is 10.8. The zero-order valence-electron chi connectivity index (χ0n) is 15.8. The lowest BCUT2D eigenvalue weighted by atomic mass is 10.1. The van der Waals surface area contributed by atoms with Gasteiger partial charge in [0.25, 0.3) is 5.69 Å². The standard InChI is InChI=1S/C23H17N5O2/c29-28(30)22-14-8-7-13-19(22)16-24-27-23-25-20(17-9-3-1-4-10-17)15-21(26-23)18-11-5-2-6-12-18/h1-16H,(H,25,26,27). The summed E-state index contributed by atoms with van der Waals surface area (Å²) in [5.74, 6) is 0.296. The Balaban J connectivity index is 1.68. The van der Waals surface area contributed by atoms with Crippen LogP contribution in [0.25, 0.3) is 22.5 Å². The summed E-state index contributed by atoms with van der Waals surface area (Å²) in [6.07, 6.45) is 1.39. The molecule has 0 fully saturated rings. The SMILES string of the molecule is O=[N+]([O-])c1ccccc1C=NNc1nc(-c2ccccc2)cc(-c2ccccc2)n1. The average Bonchev–Trinajstić information content (AvgIpc) is 2.80. The lowest BCUT2D eigenvalue weighted by molar-refractivity contribution is -0.385. The number of nitrogens with zero attached hydrogens (tertiary/aromatic N) is 4. The Morgan fingerprint density at radius 1 is 0.800 bits per heavy atom. The van der Waals surface area contributed by atoms with Gasteiger partial charge >= 0.3 is 0 Å². The van der Waals surface area contributed by atoms with Crippen molar-refractivity contribution in [3.05, 3.63) is 107 Å². The van der Waals surface area contributed by atoms with Crippen LogP contribution < -0.4 is 5.43 Å². The molecule has 0 radical (unpaired) electrons. The summed E-state index contributed by atoms with van der Waals surface area (Å²) in [5, 5.41) is 15.3. The van der Waals surface area contributed by atoms with E-state index in [0.717, 1.165) is 22.5 Å². The summed E-state index contributed by atoms with van der Waals surface area (Å²) in [4.78, 5) is 19.8. The lowest BCUT2D eigenvalue weighted by Gasteiger charge is -2.08. The van der Waals surface area contributed by atoms with Crippen molar-refractivity contribution >= 4 is 17.9 Å². The summed E-state index contributed by atoms with van der Waals surface area (Å²) < 4.78 is 0. The van der Waals surface area contributed by atoms with E-state index in [4.69, 9.17) is 0 Å². The summed E-state index contributed by atoms with van der Waals surface area (Å²) in [5.41, 5.74) is 6.55. The number of rotatable bonds is 6. The molecular formula is C23H17N5O2. The number of nitro benzene ring substituents is 1. The summed E-state index contributed by atoms with van der Waals surface area (Å²) in [7, 11) is 0. The maximum absolute atomic E-state index is 11.2. The smallest absolute Gasteiger partial charge is 0.258 e. The molecule has 1 N–H and O–H groups in total. The van der Waals surface area contributed by atoms with Gasteiger partial charge in [-0.05, 0) is 12.1 Å². The maximum atomic E-state index is 11.2. The Morgan fingerprint density at radius 3 is 1.90 bits per heavy atom. The first kappa shape index (κ1) is 18.9. The van der Waals surface area contributed by atoms with Gasteiger partial charge in [-0.25, -0.2) is 15.4 Å². The van der Waals surface area contributed by atoms with E-state index in [0.29, 0.717) is 11.5 Å². The number of hydrogen-bond donors (Lipinski definition) is 1. The van der Waals surface area contributed by atoms with E-state index in [9.17, 15) is 10.1 Å². The molecule has 0 aliphatic carbocycles. The van der Waals surface area contributed by atoms with Gasteiger partial charge in [0.15, 0.2) is 0 Å².